The molecule has 0 atom stereocenters. The van der Waals surface area contributed by atoms with E-state index in [0.29, 0.717) is 16.4 Å². The molecule has 0 aliphatic carbocycles. The number of aromatic nitrogens is 1. The minimum absolute atomic E-state index is 0.0584. The van der Waals surface area contributed by atoms with Crippen LogP contribution in [0.25, 0.3) is 16.6 Å². The average molecular weight is 365 g/mol. The predicted octanol–water partition coefficient (Wildman–Crippen LogP) is 5.03. The molecule has 1 heterocycles. The van der Waals surface area contributed by atoms with Crippen molar-refractivity contribution in [3.8, 4) is 22.1 Å². The van der Waals surface area contributed by atoms with Gasteiger partial charge in [0.1, 0.15) is 5.01 Å². The van der Waals surface area contributed by atoms with Crippen molar-refractivity contribution >= 4 is 23.2 Å². The Morgan fingerprint density at radius 2 is 1.77 bits per heavy atom. The molecule has 132 valence electrons. The number of ether oxygens (including phenoxy) is 2. The Balaban J connectivity index is 1.82. The fourth-order valence-electron chi connectivity index (χ4n) is 2.53. The van der Waals surface area contributed by atoms with Crippen LogP contribution < -0.4 is 9.47 Å². The van der Waals surface area contributed by atoms with E-state index in [-0.39, 0.29) is 5.78 Å². The maximum absolute atomic E-state index is 12.6. The molecule has 1 aromatic heterocycles. The number of thiazole rings is 1. The first kappa shape index (κ1) is 17.9. The highest BCUT2D eigenvalue weighted by atomic mass is 32.1. The largest absolute Gasteiger partial charge is 0.493 e. The lowest BCUT2D eigenvalue weighted by Gasteiger charge is -2.07. The van der Waals surface area contributed by atoms with E-state index in [1.165, 1.54) is 11.3 Å². The van der Waals surface area contributed by atoms with Crippen molar-refractivity contribution in [3.63, 3.8) is 0 Å². The molecule has 0 spiro atoms. The number of nitrogens with zero attached hydrogens (tertiary/aromatic N) is 1. The summed E-state index contributed by atoms with van der Waals surface area (Å²) in [5.41, 5.74) is 2.63. The lowest BCUT2D eigenvalue weighted by molar-refractivity contribution is 0.105. The number of carbonyl (C=O) groups is 1. The van der Waals surface area contributed by atoms with Gasteiger partial charge in [-0.2, -0.15) is 0 Å². The lowest BCUT2D eigenvalue weighted by atomic mass is 10.1. The molecular weight excluding hydrogens is 346 g/mol. The summed E-state index contributed by atoms with van der Waals surface area (Å²) in [7, 11) is 3.18. The summed E-state index contributed by atoms with van der Waals surface area (Å²) >= 11 is 1.41. The van der Waals surface area contributed by atoms with Crippen molar-refractivity contribution in [2.45, 2.75) is 6.92 Å². The van der Waals surface area contributed by atoms with Crippen LogP contribution in [0.15, 0.2) is 54.6 Å². The monoisotopic (exact) mass is 365 g/mol. The summed E-state index contributed by atoms with van der Waals surface area (Å²) in [4.78, 5) is 17.8. The molecule has 0 aliphatic rings. The third kappa shape index (κ3) is 3.83. The van der Waals surface area contributed by atoms with E-state index in [1.54, 1.807) is 26.4 Å². The van der Waals surface area contributed by atoms with Crippen LogP contribution in [0.3, 0.4) is 0 Å². The van der Waals surface area contributed by atoms with Crippen molar-refractivity contribution in [1.82, 2.24) is 4.98 Å². The third-order valence-electron chi connectivity index (χ3n) is 3.88. The second-order valence-electron chi connectivity index (χ2n) is 5.61. The van der Waals surface area contributed by atoms with Gasteiger partial charge in [-0.05, 0) is 30.7 Å². The number of aryl methyl sites for hydroxylation is 1. The van der Waals surface area contributed by atoms with E-state index < -0.39 is 0 Å². The number of methoxy groups -OCH3 is 2. The van der Waals surface area contributed by atoms with Gasteiger partial charge in [-0.1, -0.05) is 42.5 Å². The first-order valence-electron chi connectivity index (χ1n) is 8.09. The van der Waals surface area contributed by atoms with Gasteiger partial charge in [-0.15, -0.1) is 11.3 Å². The van der Waals surface area contributed by atoms with E-state index in [9.17, 15) is 4.79 Å². The highest BCUT2D eigenvalue weighted by molar-refractivity contribution is 7.17. The zero-order valence-corrected chi connectivity index (χ0v) is 15.7. The lowest BCUT2D eigenvalue weighted by Crippen LogP contribution is -1.93. The Morgan fingerprint density at radius 1 is 1.04 bits per heavy atom. The van der Waals surface area contributed by atoms with E-state index in [1.807, 2.05) is 55.5 Å². The Bertz CT molecular complexity index is 945. The summed E-state index contributed by atoms with van der Waals surface area (Å²) in [6.07, 6.45) is 3.34. The summed E-state index contributed by atoms with van der Waals surface area (Å²) < 4.78 is 10.5. The molecule has 0 amide bonds. The summed E-state index contributed by atoms with van der Waals surface area (Å²) in [6, 6.07) is 15.4. The number of allylic oxidation sites excluding steroid dienone is 1. The summed E-state index contributed by atoms with van der Waals surface area (Å²) in [6.45, 7) is 1.86. The molecule has 0 fully saturated rings. The Hall–Kier alpha value is -2.92. The highest BCUT2D eigenvalue weighted by Crippen LogP contribution is 2.30. The second kappa shape index (κ2) is 7.97. The fraction of sp³-hybridized carbons (Fsp3) is 0.143. The number of benzene rings is 2. The standard InChI is InChI=1S/C21H19NO3S/c1-14-20(26-21(22-14)16-7-5-4-6-8-16)17(23)11-9-15-10-12-18(24-2)19(13-15)25-3/h4-13H,1-3H3. The van der Waals surface area contributed by atoms with E-state index in [4.69, 9.17) is 9.47 Å². The Kier molecular flexibility index (Phi) is 5.49. The molecule has 0 saturated heterocycles. The first-order chi connectivity index (χ1) is 12.6. The quantitative estimate of drug-likeness (QED) is 0.454. The minimum atomic E-state index is -0.0584. The van der Waals surface area contributed by atoms with Gasteiger partial charge in [0.2, 0.25) is 0 Å². The van der Waals surface area contributed by atoms with E-state index in [2.05, 4.69) is 4.98 Å². The number of hydrogen-bond acceptors (Lipinski definition) is 5. The molecule has 3 aromatic rings. The molecule has 3 rings (SSSR count). The predicted molar refractivity (Wildman–Crippen MR) is 105 cm³/mol. The first-order valence-corrected chi connectivity index (χ1v) is 8.91. The van der Waals surface area contributed by atoms with Crippen LogP contribution in [0.2, 0.25) is 0 Å². The molecule has 5 heteroatoms. The maximum atomic E-state index is 12.6. The molecular formula is C21H19NO3S. The van der Waals surface area contributed by atoms with Crippen molar-refractivity contribution in [3.05, 3.63) is 70.7 Å². The van der Waals surface area contributed by atoms with Gasteiger partial charge in [-0.25, -0.2) is 4.98 Å². The Labute approximate surface area is 156 Å². The summed E-state index contributed by atoms with van der Waals surface area (Å²) in [5.74, 6) is 1.22. The van der Waals surface area contributed by atoms with Gasteiger partial charge < -0.3 is 9.47 Å². The number of ketones is 1. The van der Waals surface area contributed by atoms with Crippen LogP contribution in [0.1, 0.15) is 20.9 Å². The fourth-order valence-corrected chi connectivity index (χ4v) is 3.53. The Morgan fingerprint density at radius 3 is 2.46 bits per heavy atom. The van der Waals surface area contributed by atoms with Gasteiger partial charge >= 0.3 is 0 Å². The van der Waals surface area contributed by atoms with Crippen LogP contribution in [-0.2, 0) is 0 Å². The van der Waals surface area contributed by atoms with Crippen LogP contribution in [0.5, 0.6) is 11.5 Å². The average Bonchev–Trinajstić information content (AvgIpc) is 3.08. The molecule has 26 heavy (non-hydrogen) atoms. The molecule has 0 aliphatic heterocycles. The van der Waals surface area contributed by atoms with E-state index >= 15 is 0 Å². The van der Waals surface area contributed by atoms with Crippen molar-refractivity contribution in [2.75, 3.05) is 14.2 Å². The normalized spacial score (nSPS) is 10.9. The van der Waals surface area contributed by atoms with Crippen LogP contribution in [0, 0.1) is 6.92 Å². The minimum Gasteiger partial charge on any atom is -0.493 e. The third-order valence-corrected chi connectivity index (χ3v) is 5.10. The van der Waals surface area contributed by atoms with Crippen LogP contribution in [-0.4, -0.2) is 25.0 Å². The number of hydrogen-bond donors (Lipinski definition) is 0. The molecule has 4 nitrogen and oxygen atoms in total. The maximum Gasteiger partial charge on any atom is 0.197 e. The van der Waals surface area contributed by atoms with Gasteiger partial charge in [0.25, 0.3) is 0 Å². The van der Waals surface area contributed by atoms with Crippen molar-refractivity contribution in [1.29, 1.82) is 0 Å². The van der Waals surface area contributed by atoms with Crippen molar-refractivity contribution < 1.29 is 14.3 Å². The SMILES string of the molecule is COc1ccc(C=CC(=O)c2sc(-c3ccccc3)nc2C)cc1OC. The van der Waals surface area contributed by atoms with Gasteiger partial charge in [-0.3, -0.25) is 4.79 Å². The smallest absolute Gasteiger partial charge is 0.197 e. The molecule has 0 saturated carbocycles. The molecule has 0 radical (unpaired) electrons. The van der Waals surface area contributed by atoms with Gasteiger partial charge in [0.05, 0.1) is 24.8 Å². The molecule has 0 N–H and O–H groups in total. The van der Waals surface area contributed by atoms with Crippen LogP contribution in [0.4, 0.5) is 0 Å². The molecule has 0 bridgehead atoms. The number of rotatable bonds is 6. The summed E-state index contributed by atoms with van der Waals surface area (Å²) in [5, 5.41) is 0.853. The van der Waals surface area contributed by atoms with Crippen LogP contribution >= 0.6 is 11.3 Å². The van der Waals surface area contributed by atoms with E-state index in [0.717, 1.165) is 21.8 Å². The van der Waals surface area contributed by atoms with Gasteiger partial charge in [0, 0.05) is 5.56 Å². The molecule has 2 aromatic carbocycles. The topological polar surface area (TPSA) is 48.4 Å². The van der Waals surface area contributed by atoms with Crippen molar-refractivity contribution in [2.24, 2.45) is 0 Å². The zero-order valence-electron chi connectivity index (χ0n) is 14.9. The number of carbonyl (C=O) groups excluding carboxylic acids is 1. The second-order valence-corrected chi connectivity index (χ2v) is 6.61. The van der Waals surface area contributed by atoms with Gasteiger partial charge in [0.15, 0.2) is 17.3 Å². The zero-order chi connectivity index (χ0) is 18.5. The highest BCUT2D eigenvalue weighted by Gasteiger charge is 2.14. The molecule has 0 unspecified atom stereocenters.